The van der Waals surface area contributed by atoms with Gasteiger partial charge < -0.3 is 4.74 Å². The summed E-state index contributed by atoms with van der Waals surface area (Å²) in [6.07, 6.45) is 10.2. The van der Waals surface area contributed by atoms with Crippen LogP contribution < -0.4 is 0 Å². The third-order valence-corrected chi connectivity index (χ3v) is 4.52. The molecule has 1 saturated carbocycles. The fourth-order valence-electron chi connectivity index (χ4n) is 3.77. The molecule has 2 nitrogen and oxygen atoms in total. The minimum atomic E-state index is -0.0684. The van der Waals surface area contributed by atoms with Crippen molar-refractivity contribution in [2.75, 3.05) is 7.11 Å². The number of hydrogen-bond acceptors (Lipinski definition) is 2. The molecule has 0 saturated heterocycles. The van der Waals surface area contributed by atoms with Crippen molar-refractivity contribution in [3.8, 4) is 0 Å². The maximum atomic E-state index is 11.4. The maximum Gasteiger partial charge on any atom is 0.309 e. The van der Waals surface area contributed by atoms with Crippen LogP contribution in [0.3, 0.4) is 0 Å². The molecule has 0 aromatic rings. The van der Waals surface area contributed by atoms with E-state index in [1.807, 2.05) is 0 Å². The lowest BCUT2D eigenvalue weighted by molar-refractivity contribution is -0.139. The van der Waals surface area contributed by atoms with Crippen LogP contribution in [0.25, 0.3) is 0 Å². The molecule has 3 atom stereocenters. The number of fused-ring (bicyclic) bond motifs is 1. The highest BCUT2D eigenvalue weighted by atomic mass is 16.5. The fourth-order valence-corrected chi connectivity index (χ4v) is 3.77. The van der Waals surface area contributed by atoms with Gasteiger partial charge in [0.25, 0.3) is 0 Å². The molecule has 16 heavy (non-hydrogen) atoms. The molecule has 3 aliphatic carbocycles. The lowest BCUT2D eigenvalue weighted by atomic mass is 9.93. The molecule has 3 rings (SSSR count). The summed E-state index contributed by atoms with van der Waals surface area (Å²) < 4.78 is 4.81. The number of carbonyl (C=O) groups excluding carboxylic acids is 1. The number of methoxy groups -OCH3 is 1. The highest BCUT2D eigenvalue weighted by molar-refractivity contribution is 5.73. The average Bonchev–Trinajstić information content (AvgIpc) is 2.76. The Morgan fingerprint density at radius 3 is 3.25 bits per heavy atom. The average molecular weight is 218 g/mol. The molecule has 0 unspecified atom stereocenters. The van der Waals surface area contributed by atoms with E-state index in [2.05, 4.69) is 12.2 Å². The Morgan fingerprint density at radius 2 is 2.44 bits per heavy atom. The topological polar surface area (TPSA) is 26.3 Å². The van der Waals surface area contributed by atoms with Crippen LogP contribution in [0.15, 0.2) is 23.3 Å². The van der Waals surface area contributed by atoms with E-state index in [0.29, 0.717) is 12.3 Å². The van der Waals surface area contributed by atoms with Crippen molar-refractivity contribution in [3.05, 3.63) is 23.3 Å². The SMILES string of the molecule is COC(=O)CC1=C2CC[C@H]3C=CC[C@@H]1C[C@@H]23. The van der Waals surface area contributed by atoms with Crippen molar-refractivity contribution < 1.29 is 9.53 Å². The van der Waals surface area contributed by atoms with E-state index in [-0.39, 0.29) is 5.97 Å². The monoisotopic (exact) mass is 218 g/mol. The fraction of sp³-hybridized carbons (Fsp3) is 0.643. The van der Waals surface area contributed by atoms with Crippen molar-refractivity contribution in [3.63, 3.8) is 0 Å². The second kappa shape index (κ2) is 3.76. The Bertz CT molecular complexity index is 378. The standard InChI is InChI=1S/C14H18O2/c1-16-14(15)8-13-10-4-2-3-9-5-6-11(13)12(9)7-10/h2-3,9-10,12H,4-8H2,1H3/t9-,10-,12-/m1/s1. The Morgan fingerprint density at radius 1 is 1.56 bits per heavy atom. The summed E-state index contributed by atoms with van der Waals surface area (Å²) >= 11 is 0. The van der Waals surface area contributed by atoms with Crippen LogP contribution in [0.2, 0.25) is 0 Å². The van der Waals surface area contributed by atoms with Gasteiger partial charge in [0.2, 0.25) is 0 Å². The zero-order valence-electron chi connectivity index (χ0n) is 9.74. The van der Waals surface area contributed by atoms with E-state index in [1.54, 1.807) is 5.57 Å². The number of ether oxygens (including phenoxy) is 1. The van der Waals surface area contributed by atoms with Gasteiger partial charge in [-0.05, 0) is 43.4 Å². The third-order valence-electron chi connectivity index (χ3n) is 4.52. The van der Waals surface area contributed by atoms with Gasteiger partial charge in [-0.25, -0.2) is 0 Å². The van der Waals surface area contributed by atoms with Gasteiger partial charge in [0, 0.05) is 0 Å². The maximum absolute atomic E-state index is 11.4. The molecule has 2 heteroatoms. The van der Waals surface area contributed by atoms with E-state index in [9.17, 15) is 4.79 Å². The predicted molar refractivity (Wildman–Crippen MR) is 61.7 cm³/mol. The van der Waals surface area contributed by atoms with Crippen LogP contribution in [-0.4, -0.2) is 13.1 Å². The van der Waals surface area contributed by atoms with E-state index < -0.39 is 0 Å². The molecule has 1 fully saturated rings. The van der Waals surface area contributed by atoms with Crippen molar-refractivity contribution in [1.82, 2.24) is 0 Å². The molecule has 0 aliphatic heterocycles. The number of esters is 1. The van der Waals surface area contributed by atoms with E-state index in [0.717, 1.165) is 18.3 Å². The summed E-state index contributed by atoms with van der Waals surface area (Å²) in [5.74, 6) is 2.07. The molecule has 0 aromatic carbocycles. The minimum Gasteiger partial charge on any atom is -0.469 e. The van der Waals surface area contributed by atoms with Crippen LogP contribution in [0, 0.1) is 17.8 Å². The highest BCUT2D eigenvalue weighted by Crippen LogP contribution is 2.53. The molecule has 3 aliphatic rings. The van der Waals surface area contributed by atoms with Gasteiger partial charge in [-0.3, -0.25) is 4.79 Å². The van der Waals surface area contributed by atoms with Crippen LogP contribution in [0.5, 0.6) is 0 Å². The van der Waals surface area contributed by atoms with Crippen molar-refractivity contribution in [1.29, 1.82) is 0 Å². The van der Waals surface area contributed by atoms with Gasteiger partial charge in [0.15, 0.2) is 0 Å². The third kappa shape index (κ3) is 1.43. The molecule has 0 radical (unpaired) electrons. The molecule has 0 amide bonds. The summed E-state index contributed by atoms with van der Waals surface area (Å²) in [6.45, 7) is 0. The van der Waals surface area contributed by atoms with Crippen LogP contribution >= 0.6 is 0 Å². The predicted octanol–water partition coefficient (Wildman–Crippen LogP) is 2.85. The number of carbonyl (C=O) groups is 1. The molecular formula is C14H18O2. The first-order valence-corrected chi connectivity index (χ1v) is 6.25. The second-order valence-electron chi connectivity index (χ2n) is 5.21. The molecule has 2 bridgehead atoms. The normalized spacial score (nSPS) is 35.4. The molecule has 0 heterocycles. The van der Waals surface area contributed by atoms with Gasteiger partial charge in [0.1, 0.15) is 0 Å². The van der Waals surface area contributed by atoms with E-state index in [1.165, 1.54) is 31.9 Å². The van der Waals surface area contributed by atoms with E-state index in [4.69, 9.17) is 4.74 Å². The highest BCUT2D eigenvalue weighted by Gasteiger charge is 2.42. The molecule has 0 spiro atoms. The second-order valence-corrected chi connectivity index (χ2v) is 5.21. The zero-order chi connectivity index (χ0) is 11.1. The Labute approximate surface area is 96.4 Å². The summed E-state index contributed by atoms with van der Waals surface area (Å²) in [4.78, 5) is 11.4. The van der Waals surface area contributed by atoms with Crippen LogP contribution in [0.4, 0.5) is 0 Å². The largest absolute Gasteiger partial charge is 0.469 e. The summed E-state index contributed by atoms with van der Waals surface area (Å²) in [7, 11) is 1.48. The smallest absolute Gasteiger partial charge is 0.309 e. The van der Waals surface area contributed by atoms with Crippen molar-refractivity contribution in [2.24, 2.45) is 17.8 Å². The first kappa shape index (κ1) is 10.1. The first-order chi connectivity index (χ1) is 7.79. The summed E-state index contributed by atoms with van der Waals surface area (Å²) in [5, 5.41) is 0. The zero-order valence-corrected chi connectivity index (χ0v) is 9.74. The summed E-state index contributed by atoms with van der Waals surface area (Å²) in [6, 6.07) is 0. The Balaban J connectivity index is 1.90. The number of rotatable bonds is 2. The Hall–Kier alpha value is -1.05. The molecule has 86 valence electrons. The van der Waals surface area contributed by atoms with Gasteiger partial charge in [-0.2, -0.15) is 0 Å². The quantitative estimate of drug-likeness (QED) is 0.526. The van der Waals surface area contributed by atoms with Crippen molar-refractivity contribution >= 4 is 5.97 Å². The molecule has 0 aromatic heterocycles. The lowest BCUT2D eigenvalue weighted by Gasteiger charge is -2.12. The minimum absolute atomic E-state index is 0.0684. The Kier molecular flexibility index (Phi) is 2.38. The van der Waals surface area contributed by atoms with Crippen LogP contribution in [0.1, 0.15) is 32.1 Å². The molecular weight excluding hydrogens is 200 g/mol. The van der Waals surface area contributed by atoms with Gasteiger partial charge >= 0.3 is 5.97 Å². The first-order valence-electron chi connectivity index (χ1n) is 6.25. The van der Waals surface area contributed by atoms with Gasteiger partial charge in [0.05, 0.1) is 13.5 Å². The lowest BCUT2D eigenvalue weighted by Crippen LogP contribution is -2.07. The number of hydrogen-bond donors (Lipinski definition) is 0. The van der Waals surface area contributed by atoms with Gasteiger partial charge in [-0.1, -0.05) is 23.3 Å². The van der Waals surface area contributed by atoms with Gasteiger partial charge in [-0.15, -0.1) is 0 Å². The van der Waals surface area contributed by atoms with E-state index >= 15 is 0 Å². The number of allylic oxidation sites excluding steroid dienone is 3. The molecule has 0 N–H and O–H groups in total. The van der Waals surface area contributed by atoms with Crippen molar-refractivity contribution in [2.45, 2.75) is 32.1 Å². The summed E-state index contributed by atoms with van der Waals surface area (Å²) in [5.41, 5.74) is 3.02. The van der Waals surface area contributed by atoms with Crippen LogP contribution in [-0.2, 0) is 9.53 Å².